The van der Waals surface area contributed by atoms with Crippen molar-refractivity contribution in [3.63, 3.8) is 0 Å². The first-order valence-corrected chi connectivity index (χ1v) is 7.09. The third kappa shape index (κ3) is 2.89. The van der Waals surface area contributed by atoms with Crippen LogP contribution in [0.5, 0.6) is 5.75 Å². The van der Waals surface area contributed by atoms with Crippen LogP contribution in [0.25, 0.3) is 10.9 Å². The lowest BCUT2D eigenvalue weighted by molar-refractivity contribution is 0.0950. The van der Waals surface area contributed by atoms with E-state index >= 15 is 0 Å². The van der Waals surface area contributed by atoms with E-state index in [-0.39, 0.29) is 5.91 Å². The van der Waals surface area contributed by atoms with Crippen molar-refractivity contribution in [2.75, 3.05) is 7.11 Å². The molecule has 0 radical (unpaired) electrons. The normalized spacial score (nSPS) is 10.6. The number of nitrogens with zero attached hydrogens (tertiary/aromatic N) is 1. The Morgan fingerprint density at radius 3 is 3.00 bits per heavy atom. The number of H-pyrrole nitrogens is 1. The molecule has 1 heterocycles. The maximum absolute atomic E-state index is 12.3. The SMILES string of the molecule is COc1cc(C(=O)NCc2cccc(Cl)c2)cc2[nH]ncc12. The first-order valence-electron chi connectivity index (χ1n) is 6.71. The molecule has 2 N–H and O–H groups in total. The largest absolute Gasteiger partial charge is 0.496 e. The van der Waals surface area contributed by atoms with Gasteiger partial charge in [-0.3, -0.25) is 9.89 Å². The minimum absolute atomic E-state index is 0.185. The van der Waals surface area contributed by atoms with E-state index in [1.807, 2.05) is 18.2 Å². The molecule has 3 rings (SSSR count). The molecular weight excluding hydrogens is 302 g/mol. The monoisotopic (exact) mass is 315 g/mol. The van der Waals surface area contributed by atoms with Gasteiger partial charge in [0.05, 0.1) is 24.2 Å². The van der Waals surface area contributed by atoms with Crippen LogP contribution < -0.4 is 10.1 Å². The average Bonchev–Trinajstić information content (AvgIpc) is 3.00. The van der Waals surface area contributed by atoms with Gasteiger partial charge in [-0.05, 0) is 29.8 Å². The summed E-state index contributed by atoms with van der Waals surface area (Å²) in [6, 6.07) is 10.8. The number of rotatable bonds is 4. The third-order valence-electron chi connectivity index (χ3n) is 3.34. The second-order valence-corrected chi connectivity index (χ2v) is 5.26. The van der Waals surface area contributed by atoms with Crippen LogP contribution in [-0.2, 0) is 6.54 Å². The van der Waals surface area contributed by atoms with Crippen LogP contribution in [0, 0.1) is 0 Å². The number of halogens is 1. The highest BCUT2D eigenvalue weighted by Crippen LogP contribution is 2.25. The number of aromatic amines is 1. The van der Waals surface area contributed by atoms with Crippen LogP contribution in [0.1, 0.15) is 15.9 Å². The highest BCUT2D eigenvalue weighted by molar-refractivity contribution is 6.30. The van der Waals surface area contributed by atoms with E-state index in [0.29, 0.717) is 22.9 Å². The van der Waals surface area contributed by atoms with Gasteiger partial charge < -0.3 is 10.1 Å². The molecule has 0 aliphatic heterocycles. The lowest BCUT2D eigenvalue weighted by atomic mass is 10.1. The van der Waals surface area contributed by atoms with Gasteiger partial charge in [0, 0.05) is 17.1 Å². The van der Waals surface area contributed by atoms with E-state index in [4.69, 9.17) is 16.3 Å². The quantitative estimate of drug-likeness (QED) is 0.777. The number of amides is 1. The lowest BCUT2D eigenvalue weighted by Crippen LogP contribution is -2.22. The molecule has 0 unspecified atom stereocenters. The first-order chi connectivity index (χ1) is 10.7. The summed E-state index contributed by atoms with van der Waals surface area (Å²) in [5.74, 6) is 0.425. The predicted octanol–water partition coefficient (Wildman–Crippen LogP) is 3.15. The number of methoxy groups -OCH3 is 1. The number of carbonyl (C=O) groups is 1. The Morgan fingerprint density at radius 2 is 2.23 bits per heavy atom. The predicted molar refractivity (Wildman–Crippen MR) is 85.3 cm³/mol. The number of carbonyl (C=O) groups excluding carboxylic acids is 1. The van der Waals surface area contributed by atoms with Gasteiger partial charge >= 0.3 is 0 Å². The van der Waals surface area contributed by atoms with Crippen LogP contribution in [0.15, 0.2) is 42.6 Å². The summed E-state index contributed by atoms with van der Waals surface area (Å²) in [4.78, 5) is 12.3. The fourth-order valence-corrected chi connectivity index (χ4v) is 2.46. The van der Waals surface area contributed by atoms with Crippen molar-refractivity contribution >= 4 is 28.4 Å². The van der Waals surface area contributed by atoms with Crippen molar-refractivity contribution < 1.29 is 9.53 Å². The van der Waals surface area contributed by atoms with Crippen molar-refractivity contribution in [3.05, 3.63) is 58.7 Å². The number of benzene rings is 2. The molecule has 22 heavy (non-hydrogen) atoms. The second-order valence-electron chi connectivity index (χ2n) is 4.82. The number of fused-ring (bicyclic) bond motifs is 1. The summed E-state index contributed by atoms with van der Waals surface area (Å²) in [5, 5.41) is 11.2. The van der Waals surface area contributed by atoms with Gasteiger partial charge in [0.25, 0.3) is 5.91 Å². The van der Waals surface area contributed by atoms with Crippen LogP contribution in [-0.4, -0.2) is 23.2 Å². The van der Waals surface area contributed by atoms with E-state index in [1.165, 1.54) is 0 Å². The van der Waals surface area contributed by atoms with E-state index < -0.39 is 0 Å². The van der Waals surface area contributed by atoms with Crippen LogP contribution in [0.2, 0.25) is 5.02 Å². The van der Waals surface area contributed by atoms with Gasteiger partial charge in [-0.2, -0.15) is 5.10 Å². The Kier molecular flexibility index (Phi) is 3.98. The average molecular weight is 316 g/mol. The molecular formula is C16H14ClN3O2. The third-order valence-corrected chi connectivity index (χ3v) is 3.58. The zero-order chi connectivity index (χ0) is 15.5. The van der Waals surface area contributed by atoms with Crippen molar-refractivity contribution in [2.45, 2.75) is 6.54 Å². The molecule has 1 aromatic heterocycles. The molecule has 0 aliphatic rings. The standard InChI is InChI=1S/C16H14ClN3O2/c1-22-15-7-11(6-14-13(15)9-19-20-14)16(21)18-8-10-3-2-4-12(17)5-10/h2-7,9H,8H2,1H3,(H,18,21)(H,19,20). The van der Waals surface area contributed by atoms with Crippen LogP contribution in [0.3, 0.4) is 0 Å². The minimum Gasteiger partial charge on any atom is -0.496 e. The number of nitrogens with one attached hydrogen (secondary N) is 2. The molecule has 5 nitrogen and oxygen atoms in total. The number of aromatic nitrogens is 2. The molecule has 2 aromatic carbocycles. The molecule has 3 aromatic rings. The topological polar surface area (TPSA) is 67.0 Å². The number of hydrogen-bond acceptors (Lipinski definition) is 3. The molecule has 1 amide bonds. The van der Waals surface area contributed by atoms with E-state index in [0.717, 1.165) is 16.5 Å². The molecule has 0 atom stereocenters. The molecule has 112 valence electrons. The van der Waals surface area contributed by atoms with Gasteiger partial charge in [0.1, 0.15) is 5.75 Å². The summed E-state index contributed by atoms with van der Waals surface area (Å²) >= 11 is 5.93. The zero-order valence-electron chi connectivity index (χ0n) is 11.9. The zero-order valence-corrected chi connectivity index (χ0v) is 12.6. The molecule has 0 bridgehead atoms. The molecule has 0 spiro atoms. The van der Waals surface area contributed by atoms with Crippen LogP contribution >= 0.6 is 11.6 Å². The van der Waals surface area contributed by atoms with Crippen molar-refractivity contribution in [3.8, 4) is 5.75 Å². The van der Waals surface area contributed by atoms with Gasteiger partial charge in [-0.15, -0.1) is 0 Å². The molecule has 0 aliphatic carbocycles. The van der Waals surface area contributed by atoms with Gasteiger partial charge in [0.2, 0.25) is 0 Å². The Bertz CT molecular complexity index is 829. The summed E-state index contributed by atoms with van der Waals surface area (Å²) < 4.78 is 5.30. The van der Waals surface area contributed by atoms with E-state index in [2.05, 4.69) is 15.5 Å². The Labute approximate surface area is 132 Å². The minimum atomic E-state index is -0.185. The van der Waals surface area contributed by atoms with Gasteiger partial charge in [0.15, 0.2) is 0 Å². The molecule has 0 fully saturated rings. The highest BCUT2D eigenvalue weighted by atomic mass is 35.5. The summed E-state index contributed by atoms with van der Waals surface area (Å²) in [6.07, 6.45) is 1.67. The van der Waals surface area contributed by atoms with Crippen LogP contribution in [0.4, 0.5) is 0 Å². The first kappa shape index (κ1) is 14.4. The van der Waals surface area contributed by atoms with Crippen molar-refractivity contribution in [1.82, 2.24) is 15.5 Å². The molecule has 6 heteroatoms. The smallest absolute Gasteiger partial charge is 0.251 e. The van der Waals surface area contributed by atoms with E-state index in [1.54, 1.807) is 31.5 Å². The fraction of sp³-hybridized carbons (Fsp3) is 0.125. The van der Waals surface area contributed by atoms with Gasteiger partial charge in [-0.1, -0.05) is 23.7 Å². The Balaban J connectivity index is 1.80. The van der Waals surface area contributed by atoms with E-state index in [9.17, 15) is 4.79 Å². The van der Waals surface area contributed by atoms with Crippen molar-refractivity contribution in [2.24, 2.45) is 0 Å². The number of ether oxygens (including phenoxy) is 1. The summed E-state index contributed by atoms with van der Waals surface area (Å²) in [6.45, 7) is 0.405. The van der Waals surface area contributed by atoms with Crippen molar-refractivity contribution in [1.29, 1.82) is 0 Å². The Morgan fingerprint density at radius 1 is 1.36 bits per heavy atom. The molecule has 0 saturated carbocycles. The number of hydrogen-bond donors (Lipinski definition) is 2. The highest BCUT2D eigenvalue weighted by Gasteiger charge is 2.12. The molecule has 0 saturated heterocycles. The maximum atomic E-state index is 12.3. The Hall–Kier alpha value is -2.53. The van der Waals surface area contributed by atoms with Gasteiger partial charge in [-0.25, -0.2) is 0 Å². The lowest BCUT2D eigenvalue weighted by Gasteiger charge is -2.08. The summed E-state index contributed by atoms with van der Waals surface area (Å²) in [5.41, 5.74) is 2.21. The fourth-order valence-electron chi connectivity index (χ4n) is 2.25. The maximum Gasteiger partial charge on any atom is 0.251 e. The summed E-state index contributed by atoms with van der Waals surface area (Å²) in [7, 11) is 1.56. The second kappa shape index (κ2) is 6.07.